The molecule has 0 spiro atoms. The maximum Gasteiger partial charge on any atom is 0.241 e. The van der Waals surface area contributed by atoms with Gasteiger partial charge in [0.15, 0.2) is 0 Å². The van der Waals surface area contributed by atoms with E-state index >= 15 is 0 Å². The number of rotatable bonds is 7. The number of carbonyl (C=O) groups is 1. The number of likely N-dealkylation sites (tertiary alicyclic amines) is 2. The van der Waals surface area contributed by atoms with Gasteiger partial charge in [-0.2, -0.15) is 0 Å². The molecular formula is C25H33N3O3. The molecule has 0 radical (unpaired) electrons. The third kappa shape index (κ3) is 5.45. The fourth-order valence-electron chi connectivity index (χ4n) is 4.82. The molecule has 2 fully saturated rings. The van der Waals surface area contributed by atoms with Gasteiger partial charge in [0, 0.05) is 19.1 Å². The number of hydrogen-bond acceptors (Lipinski definition) is 5. The van der Waals surface area contributed by atoms with Gasteiger partial charge in [-0.1, -0.05) is 42.5 Å². The van der Waals surface area contributed by atoms with Gasteiger partial charge in [-0.25, -0.2) is 0 Å². The smallest absolute Gasteiger partial charge is 0.241 e. The van der Waals surface area contributed by atoms with Crippen LogP contribution >= 0.6 is 0 Å². The second kappa shape index (κ2) is 10.3. The first-order valence-corrected chi connectivity index (χ1v) is 11.4. The Morgan fingerprint density at radius 1 is 1.10 bits per heavy atom. The number of nitrogens with one attached hydrogen (secondary N) is 1. The molecule has 2 atom stereocenters. The first-order valence-electron chi connectivity index (χ1n) is 11.4. The average Bonchev–Trinajstić information content (AvgIpc) is 3.18. The van der Waals surface area contributed by atoms with Crippen LogP contribution in [0.25, 0.3) is 0 Å². The highest BCUT2D eigenvalue weighted by Gasteiger charge is 2.40. The lowest BCUT2D eigenvalue weighted by Crippen LogP contribution is -2.50. The summed E-state index contributed by atoms with van der Waals surface area (Å²) < 4.78 is 5.64. The van der Waals surface area contributed by atoms with Crippen LogP contribution in [0.3, 0.4) is 0 Å². The molecule has 2 aromatic carbocycles. The molecule has 0 aliphatic carbocycles. The van der Waals surface area contributed by atoms with Gasteiger partial charge < -0.3 is 15.2 Å². The molecule has 2 aromatic rings. The number of β-amino-alcohol motifs (C(OH)–C–C–N with tert-alkyl or cyclic N) is 1. The number of carbonyl (C=O) groups excluding carboxylic acids is 1. The van der Waals surface area contributed by atoms with E-state index in [1.165, 1.54) is 5.56 Å². The maximum atomic E-state index is 13.1. The van der Waals surface area contributed by atoms with Crippen LogP contribution in [0.4, 0.5) is 5.69 Å². The predicted molar refractivity (Wildman–Crippen MR) is 122 cm³/mol. The van der Waals surface area contributed by atoms with Gasteiger partial charge in [0.25, 0.3) is 0 Å². The minimum Gasteiger partial charge on any atom is -0.492 e. The molecule has 0 saturated carbocycles. The van der Waals surface area contributed by atoms with Crippen molar-refractivity contribution >= 4 is 11.6 Å². The Bertz CT molecular complexity index is 852. The van der Waals surface area contributed by atoms with E-state index in [-0.39, 0.29) is 11.9 Å². The fraction of sp³-hybridized carbons (Fsp3) is 0.480. The van der Waals surface area contributed by atoms with E-state index < -0.39 is 6.10 Å². The minimum atomic E-state index is -0.458. The monoisotopic (exact) mass is 423 g/mol. The molecule has 31 heavy (non-hydrogen) atoms. The van der Waals surface area contributed by atoms with Crippen molar-refractivity contribution < 1.29 is 14.6 Å². The number of aliphatic hydroxyl groups is 1. The quantitative estimate of drug-likeness (QED) is 0.716. The van der Waals surface area contributed by atoms with Crippen LogP contribution < -0.4 is 10.1 Å². The predicted octanol–water partition coefficient (Wildman–Crippen LogP) is 3.12. The van der Waals surface area contributed by atoms with Crippen molar-refractivity contribution in [3.63, 3.8) is 0 Å². The summed E-state index contributed by atoms with van der Waals surface area (Å²) in [6.45, 7) is 6.02. The lowest BCUT2D eigenvalue weighted by atomic mass is 10.0. The first kappa shape index (κ1) is 21.8. The number of ether oxygens (including phenoxy) is 1. The summed E-state index contributed by atoms with van der Waals surface area (Å²) in [4.78, 5) is 17.8. The van der Waals surface area contributed by atoms with Gasteiger partial charge in [-0.05, 0) is 57.0 Å². The van der Waals surface area contributed by atoms with E-state index in [9.17, 15) is 9.90 Å². The third-order valence-corrected chi connectivity index (χ3v) is 6.34. The van der Waals surface area contributed by atoms with Gasteiger partial charge in [-0.3, -0.25) is 14.6 Å². The van der Waals surface area contributed by atoms with Crippen molar-refractivity contribution in [2.75, 3.05) is 31.6 Å². The van der Waals surface area contributed by atoms with Crippen LogP contribution in [0.15, 0.2) is 54.6 Å². The number of amides is 1. The number of anilines is 1. The van der Waals surface area contributed by atoms with Crippen LogP contribution in [-0.2, 0) is 11.3 Å². The van der Waals surface area contributed by atoms with E-state index in [1.54, 1.807) is 0 Å². The van der Waals surface area contributed by atoms with E-state index in [1.807, 2.05) is 37.3 Å². The first-order chi connectivity index (χ1) is 15.1. The highest BCUT2D eigenvalue weighted by molar-refractivity contribution is 5.96. The van der Waals surface area contributed by atoms with Crippen molar-refractivity contribution in [3.05, 3.63) is 60.2 Å². The standard InChI is InChI=1S/C25H33N3O3/c1-2-31-24-11-7-6-10-22(24)26-25(30)23-16-21(29)18-28(23)20-12-14-27(15-13-20)17-19-8-4-3-5-9-19/h3-11,20-21,23,29H,2,12-18H2,1H3,(H,26,30). The van der Waals surface area contributed by atoms with E-state index in [0.29, 0.717) is 37.1 Å². The Morgan fingerprint density at radius 2 is 1.81 bits per heavy atom. The van der Waals surface area contributed by atoms with Crippen molar-refractivity contribution in [1.29, 1.82) is 0 Å². The Morgan fingerprint density at radius 3 is 2.55 bits per heavy atom. The van der Waals surface area contributed by atoms with Crippen LogP contribution in [-0.4, -0.2) is 65.2 Å². The molecule has 2 unspecified atom stereocenters. The van der Waals surface area contributed by atoms with Gasteiger partial charge in [0.2, 0.25) is 5.91 Å². The van der Waals surface area contributed by atoms with Gasteiger partial charge >= 0.3 is 0 Å². The van der Waals surface area contributed by atoms with Gasteiger partial charge in [0.1, 0.15) is 5.75 Å². The van der Waals surface area contributed by atoms with Crippen LogP contribution in [0.1, 0.15) is 31.7 Å². The topological polar surface area (TPSA) is 65.0 Å². The molecule has 4 rings (SSSR count). The summed E-state index contributed by atoms with van der Waals surface area (Å²) in [7, 11) is 0. The number of aliphatic hydroxyl groups excluding tert-OH is 1. The van der Waals surface area contributed by atoms with Crippen molar-refractivity contribution in [2.24, 2.45) is 0 Å². The van der Waals surface area contributed by atoms with E-state index in [4.69, 9.17) is 4.74 Å². The summed E-state index contributed by atoms with van der Waals surface area (Å²) in [6, 6.07) is 18.1. The molecule has 1 amide bonds. The summed E-state index contributed by atoms with van der Waals surface area (Å²) in [5.74, 6) is 0.619. The number of benzene rings is 2. The van der Waals surface area contributed by atoms with Gasteiger partial charge in [-0.15, -0.1) is 0 Å². The van der Waals surface area contributed by atoms with E-state index in [0.717, 1.165) is 32.5 Å². The number of para-hydroxylation sites is 2. The minimum absolute atomic E-state index is 0.0598. The largest absolute Gasteiger partial charge is 0.492 e. The average molecular weight is 424 g/mol. The Hall–Kier alpha value is -2.41. The lowest BCUT2D eigenvalue weighted by Gasteiger charge is -2.39. The maximum absolute atomic E-state index is 13.1. The molecule has 2 heterocycles. The lowest BCUT2D eigenvalue weighted by molar-refractivity contribution is -0.121. The van der Waals surface area contributed by atoms with Crippen LogP contribution in [0, 0.1) is 0 Å². The summed E-state index contributed by atoms with van der Waals surface area (Å²) >= 11 is 0. The highest BCUT2D eigenvalue weighted by atomic mass is 16.5. The normalized spacial score (nSPS) is 23.0. The summed E-state index contributed by atoms with van der Waals surface area (Å²) in [5.41, 5.74) is 2.02. The van der Waals surface area contributed by atoms with Crippen molar-refractivity contribution in [2.45, 2.75) is 50.9 Å². The molecule has 2 aliphatic heterocycles. The zero-order valence-electron chi connectivity index (χ0n) is 18.2. The molecule has 0 bridgehead atoms. The fourth-order valence-corrected chi connectivity index (χ4v) is 4.82. The Kier molecular flexibility index (Phi) is 7.22. The molecule has 0 aromatic heterocycles. The van der Waals surface area contributed by atoms with Gasteiger partial charge in [0.05, 0.1) is 24.4 Å². The molecule has 2 aliphatic rings. The third-order valence-electron chi connectivity index (χ3n) is 6.34. The van der Waals surface area contributed by atoms with E-state index in [2.05, 4.69) is 39.4 Å². The zero-order chi connectivity index (χ0) is 21.6. The number of hydrogen-bond donors (Lipinski definition) is 2. The number of nitrogens with zero attached hydrogens (tertiary/aromatic N) is 2. The molecule has 2 saturated heterocycles. The number of piperidine rings is 1. The molecule has 6 heteroatoms. The van der Waals surface area contributed by atoms with Crippen molar-refractivity contribution in [3.8, 4) is 5.75 Å². The van der Waals surface area contributed by atoms with Crippen molar-refractivity contribution in [1.82, 2.24) is 9.80 Å². The van der Waals surface area contributed by atoms with Crippen LogP contribution in [0.5, 0.6) is 5.75 Å². The van der Waals surface area contributed by atoms with Crippen LogP contribution in [0.2, 0.25) is 0 Å². The molecule has 6 nitrogen and oxygen atoms in total. The zero-order valence-corrected chi connectivity index (χ0v) is 18.2. The SMILES string of the molecule is CCOc1ccccc1NC(=O)C1CC(O)CN1C1CCN(Cc2ccccc2)CC1. The summed E-state index contributed by atoms with van der Waals surface area (Å²) in [6.07, 6.45) is 2.05. The summed E-state index contributed by atoms with van der Waals surface area (Å²) in [5, 5.41) is 13.4. The molecule has 2 N–H and O–H groups in total. The Balaban J connectivity index is 1.36. The molecule has 166 valence electrons. The Labute approximate surface area is 184 Å². The second-order valence-electron chi connectivity index (χ2n) is 8.51. The highest BCUT2D eigenvalue weighted by Crippen LogP contribution is 2.29. The molecular weight excluding hydrogens is 390 g/mol. The second-order valence-corrected chi connectivity index (χ2v) is 8.51.